The Morgan fingerprint density at radius 1 is 1.30 bits per heavy atom. The van der Waals surface area contributed by atoms with Crippen molar-refractivity contribution in [1.82, 2.24) is 10.2 Å². The van der Waals surface area contributed by atoms with Crippen LogP contribution in [0.15, 0.2) is 18.2 Å². The summed E-state index contributed by atoms with van der Waals surface area (Å²) >= 11 is 5.94. The molecule has 4 heteroatoms. The first-order chi connectivity index (χ1) is 9.58. The zero-order valence-electron chi connectivity index (χ0n) is 12.8. The van der Waals surface area contributed by atoms with Gasteiger partial charge < -0.3 is 10.2 Å². The van der Waals surface area contributed by atoms with E-state index in [0.717, 1.165) is 31.6 Å². The van der Waals surface area contributed by atoms with Crippen molar-refractivity contribution in [3.05, 3.63) is 34.6 Å². The largest absolute Gasteiger partial charge is 0.310 e. The fourth-order valence-corrected chi connectivity index (χ4v) is 2.42. The number of nitrogens with zero attached hydrogens (tertiary/aromatic N) is 1. The zero-order chi connectivity index (χ0) is 15.0. The summed E-state index contributed by atoms with van der Waals surface area (Å²) in [5.74, 6) is -0.347. The van der Waals surface area contributed by atoms with Crippen molar-refractivity contribution in [3.8, 4) is 0 Å². The third-order valence-electron chi connectivity index (χ3n) is 3.68. The minimum atomic E-state index is -0.347. The van der Waals surface area contributed by atoms with Crippen LogP contribution in [-0.4, -0.2) is 30.6 Å². The van der Waals surface area contributed by atoms with Crippen molar-refractivity contribution in [3.63, 3.8) is 0 Å². The Kier molecular flexibility index (Phi) is 8.12. The van der Waals surface area contributed by atoms with Crippen LogP contribution in [0.5, 0.6) is 0 Å². The second kappa shape index (κ2) is 9.32. The van der Waals surface area contributed by atoms with E-state index in [1.54, 1.807) is 6.07 Å². The number of benzene rings is 1. The zero-order valence-corrected chi connectivity index (χ0v) is 13.5. The quantitative estimate of drug-likeness (QED) is 0.739. The number of hydrogen-bond acceptors (Lipinski definition) is 2. The van der Waals surface area contributed by atoms with Crippen molar-refractivity contribution in [1.29, 1.82) is 0 Å². The fourth-order valence-electron chi connectivity index (χ4n) is 2.23. The minimum Gasteiger partial charge on any atom is -0.310 e. The van der Waals surface area contributed by atoms with Crippen LogP contribution in [0.4, 0.5) is 4.39 Å². The van der Waals surface area contributed by atoms with E-state index in [2.05, 4.69) is 31.0 Å². The summed E-state index contributed by atoms with van der Waals surface area (Å²) in [6.07, 6.45) is 2.29. The van der Waals surface area contributed by atoms with Crippen LogP contribution < -0.4 is 5.32 Å². The summed E-state index contributed by atoms with van der Waals surface area (Å²) in [5.41, 5.74) is 0.822. The smallest absolute Gasteiger partial charge is 0.142 e. The maximum absolute atomic E-state index is 13.3. The molecule has 2 nitrogen and oxygen atoms in total. The molecular formula is C16H26ClFN2. The van der Waals surface area contributed by atoms with Crippen LogP contribution in [0.2, 0.25) is 5.02 Å². The van der Waals surface area contributed by atoms with Crippen molar-refractivity contribution in [2.24, 2.45) is 0 Å². The second-order valence-electron chi connectivity index (χ2n) is 5.16. The molecule has 114 valence electrons. The molecule has 0 saturated carbocycles. The highest BCUT2D eigenvalue weighted by atomic mass is 35.5. The molecule has 1 rings (SSSR count). The molecule has 0 aliphatic carbocycles. The van der Waals surface area contributed by atoms with Crippen molar-refractivity contribution >= 4 is 11.6 Å². The predicted molar refractivity (Wildman–Crippen MR) is 84.7 cm³/mol. The molecule has 1 atom stereocenters. The number of halogens is 2. The molecule has 1 unspecified atom stereocenters. The summed E-state index contributed by atoms with van der Waals surface area (Å²) < 4.78 is 13.3. The van der Waals surface area contributed by atoms with Crippen LogP contribution in [0.25, 0.3) is 0 Å². The molecule has 1 aromatic rings. The first-order valence-corrected chi connectivity index (χ1v) is 7.84. The van der Waals surface area contributed by atoms with Gasteiger partial charge in [-0.25, -0.2) is 4.39 Å². The molecule has 1 aromatic carbocycles. The summed E-state index contributed by atoms with van der Waals surface area (Å²) in [7, 11) is 0. The monoisotopic (exact) mass is 300 g/mol. The highest BCUT2D eigenvalue weighted by Gasteiger charge is 2.08. The van der Waals surface area contributed by atoms with Gasteiger partial charge in [-0.05, 0) is 51.0 Å². The summed E-state index contributed by atoms with van der Waals surface area (Å²) in [6.45, 7) is 10.5. The molecule has 0 bridgehead atoms. The van der Waals surface area contributed by atoms with Gasteiger partial charge in [0.15, 0.2) is 0 Å². The SMILES string of the molecule is CCN(CC)CCCC(C)NCc1cccc(F)c1Cl. The van der Waals surface area contributed by atoms with Crippen molar-refractivity contribution in [2.45, 2.75) is 46.2 Å². The average Bonchev–Trinajstić information content (AvgIpc) is 2.45. The Hall–Kier alpha value is -0.640. The predicted octanol–water partition coefficient (Wildman–Crippen LogP) is 4.08. The Morgan fingerprint density at radius 3 is 2.65 bits per heavy atom. The van der Waals surface area contributed by atoms with E-state index >= 15 is 0 Å². The normalized spacial score (nSPS) is 12.9. The van der Waals surface area contributed by atoms with Crippen LogP contribution >= 0.6 is 11.6 Å². The van der Waals surface area contributed by atoms with Crippen LogP contribution in [0.3, 0.4) is 0 Å². The van der Waals surface area contributed by atoms with E-state index in [9.17, 15) is 4.39 Å². The average molecular weight is 301 g/mol. The third-order valence-corrected chi connectivity index (χ3v) is 4.10. The van der Waals surface area contributed by atoms with Gasteiger partial charge in [0, 0.05) is 12.6 Å². The van der Waals surface area contributed by atoms with Crippen molar-refractivity contribution in [2.75, 3.05) is 19.6 Å². The molecule has 20 heavy (non-hydrogen) atoms. The van der Waals surface area contributed by atoms with Crippen molar-refractivity contribution < 1.29 is 4.39 Å². The topological polar surface area (TPSA) is 15.3 Å². The van der Waals surface area contributed by atoms with Crippen LogP contribution in [0.1, 0.15) is 39.2 Å². The summed E-state index contributed by atoms with van der Waals surface area (Å²) in [6, 6.07) is 5.36. The highest BCUT2D eigenvalue weighted by Crippen LogP contribution is 2.19. The van der Waals surface area contributed by atoms with Gasteiger partial charge in [0.05, 0.1) is 5.02 Å². The van der Waals surface area contributed by atoms with Gasteiger partial charge in [0.1, 0.15) is 5.82 Å². The third kappa shape index (κ3) is 5.78. The van der Waals surface area contributed by atoms with Gasteiger partial charge in [0.25, 0.3) is 0 Å². The molecule has 0 aliphatic heterocycles. The first-order valence-electron chi connectivity index (χ1n) is 7.47. The molecule has 1 N–H and O–H groups in total. The number of nitrogens with one attached hydrogen (secondary N) is 1. The molecule has 0 fully saturated rings. The minimum absolute atomic E-state index is 0.232. The highest BCUT2D eigenvalue weighted by molar-refractivity contribution is 6.31. The lowest BCUT2D eigenvalue weighted by Crippen LogP contribution is -2.28. The van der Waals surface area contributed by atoms with Gasteiger partial charge in [-0.2, -0.15) is 0 Å². The van der Waals surface area contributed by atoms with E-state index in [1.807, 2.05) is 6.07 Å². The maximum atomic E-state index is 13.3. The molecule has 0 aromatic heterocycles. The standard InChI is InChI=1S/C16H26ClFN2/c1-4-20(5-2)11-7-8-13(3)19-12-14-9-6-10-15(18)16(14)17/h6,9-10,13,19H,4-5,7-8,11-12H2,1-3H3. The number of rotatable bonds is 9. The summed E-state index contributed by atoms with van der Waals surface area (Å²) in [4.78, 5) is 2.43. The van der Waals surface area contributed by atoms with E-state index in [-0.39, 0.29) is 10.8 Å². The molecule has 0 amide bonds. The lowest BCUT2D eigenvalue weighted by atomic mass is 10.1. The molecule has 0 spiro atoms. The fraction of sp³-hybridized carbons (Fsp3) is 0.625. The van der Waals surface area contributed by atoms with Gasteiger partial charge in [-0.15, -0.1) is 0 Å². The molecule has 0 heterocycles. The molecule has 0 saturated heterocycles. The Labute approximate surface area is 127 Å². The van der Waals surface area contributed by atoms with E-state index < -0.39 is 0 Å². The van der Waals surface area contributed by atoms with Gasteiger partial charge in [-0.3, -0.25) is 0 Å². The number of hydrogen-bond donors (Lipinski definition) is 1. The van der Waals surface area contributed by atoms with E-state index in [1.165, 1.54) is 12.5 Å². The van der Waals surface area contributed by atoms with Gasteiger partial charge in [0.2, 0.25) is 0 Å². The summed E-state index contributed by atoms with van der Waals surface area (Å²) in [5, 5.41) is 3.64. The molecule has 0 aliphatic rings. The van der Waals surface area contributed by atoms with Crippen LogP contribution in [0, 0.1) is 5.82 Å². The second-order valence-corrected chi connectivity index (χ2v) is 5.54. The van der Waals surface area contributed by atoms with E-state index in [0.29, 0.717) is 12.6 Å². The Bertz CT molecular complexity index is 394. The van der Waals surface area contributed by atoms with Crippen LogP contribution in [-0.2, 0) is 6.54 Å². The van der Waals surface area contributed by atoms with Gasteiger partial charge in [-0.1, -0.05) is 37.6 Å². The molecular weight excluding hydrogens is 275 g/mol. The lowest BCUT2D eigenvalue weighted by Gasteiger charge is -2.20. The molecule has 0 radical (unpaired) electrons. The van der Waals surface area contributed by atoms with Gasteiger partial charge >= 0.3 is 0 Å². The lowest BCUT2D eigenvalue weighted by molar-refractivity contribution is 0.290. The Balaban J connectivity index is 2.29. The maximum Gasteiger partial charge on any atom is 0.142 e. The Morgan fingerprint density at radius 2 is 2.00 bits per heavy atom. The first kappa shape index (κ1) is 17.4. The van der Waals surface area contributed by atoms with E-state index in [4.69, 9.17) is 11.6 Å².